The highest BCUT2D eigenvalue weighted by atomic mass is 35.5. The second kappa shape index (κ2) is 8.41. The molecular weight excluding hydrogens is 322 g/mol. The van der Waals surface area contributed by atoms with E-state index in [-0.39, 0.29) is 16.8 Å². The smallest absolute Gasteiger partial charge is 0.247 e. The van der Waals surface area contributed by atoms with Gasteiger partial charge in [-0.1, -0.05) is 30.5 Å². The van der Waals surface area contributed by atoms with E-state index in [0.29, 0.717) is 12.1 Å². The van der Waals surface area contributed by atoms with Crippen LogP contribution in [0, 0.1) is 5.82 Å². The van der Waals surface area contributed by atoms with E-state index in [1.807, 2.05) is 6.07 Å². The van der Waals surface area contributed by atoms with Gasteiger partial charge in [-0.2, -0.15) is 0 Å². The molecule has 1 aromatic rings. The number of halogens is 3. The van der Waals surface area contributed by atoms with Gasteiger partial charge in [-0.3, -0.25) is 0 Å². The van der Waals surface area contributed by atoms with Gasteiger partial charge in [0.2, 0.25) is 8.41 Å². The maximum absolute atomic E-state index is 14.9. The molecule has 0 bridgehead atoms. The lowest BCUT2D eigenvalue weighted by Gasteiger charge is -2.32. The largest absolute Gasteiger partial charge is 0.385 e. The molecule has 124 valence electrons. The second-order valence-corrected chi connectivity index (χ2v) is 10.6. The molecule has 2 rings (SSSR count). The fraction of sp³-hybridized carbons (Fsp3) is 0.647. The molecule has 1 aromatic carbocycles. The monoisotopic (exact) mass is 346 g/mol. The van der Waals surface area contributed by atoms with Crippen LogP contribution in [0.15, 0.2) is 18.2 Å². The maximum atomic E-state index is 14.9. The number of benzene rings is 1. The molecule has 5 heteroatoms. The van der Waals surface area contributed by atoms with Crippen LogP contribution in [-0.2, 0) is 4.74 Å². The van der Waals surface area contributed by atoms with Crippen LogP contribution in [0.3, 0.4) is 0 Å². The molecule has 0 radical (unpaired) electrons. The Morgan fingerprint density at radius 1 is 1.23 bits per heavy atom. The third-order valence-electron chi connectivity index (χ3n) is 4.77. The van der Waals surface area contributed by atoms with E-state index in [4.69, 9.17) is 16.3 Å². The highest BCUT2D eigenvalue weighted by Crippen LogP contribution is 2.42. The predicted octanol–water partition coefficient (Wildman–Crippen LogP) is 6.09. The summed E-state index contributed by atoms with van der Waals surface area (Å²) in [5.74, 6) is -0.0803. The summed E-state index contributed by atoms with van der Waals surface area (Å²) in [4.78, 5) is 0. The van der Waals surface area contributed by atoms with Crippen molar-refractivity contribution in [1.29, 1.82) is 0 Å². The third kappa shape index (κ3) is 5.03. The summed E-state index contributed by atoms with van der Waals surface area (Å²) in [6, 6.07) is 7.21. The third-order valence-corrected chi connectivity index (χ3v) is 8.70. The van der Waals surface area contributed by atoms with Crippen molar-refractivity contribution in [2.75, 3.05) is 13.7 Å². The Balaban J connectivity index is 1.80. The van der Waals surface area contributed by atoms with Gasteiger partial charge < -0.3 is 8.84 Å². The molecule has 1 saturated heterocycles. The van der Waals surface area contributed by atoms with Crippen LogP contribution >= 0.6 is 11.6 Å². The van der Waals surface area contributed by atoms with Gasteiger partial charge in [0.05, 0.1) is 5.02 Å². The number of hydrogen-bond acceptors (Lipinski definition) is 1. The van der Waals surface area contributed by atoms with E-state index in [2.05, 4.69) is 0 Å². The molecule has 0 atom stereocenters. The minimum absolute atomic E-state index is 0.157. The summed E-state index contributed by atoms with van der Waals surface area (Å²) < 4.78 is 33.5. The second-order valence-electron chi connectivity index (χ2n) is 6.40. The zero-order chi connectivity index (χ0) is 16.0. The van der Waals surface area contributed by atoms with Crippen molar-refractivity contribution < 1.29 is 13.2 Å². The summed E-state index contributed by atoms with van der Waals surface area (Å²) >= 11 is 5.72. The zero-order valence-electron chi connectivity index (χ0n) is 13.2. The number of methoxy groups -OCH3 is 1. The lowest BCUT2D eigenvalue weighted by molar-refractivity contribution is 0.192. The first-order valence-corrected chi connectivity index (χ1v) is 11.0. The fourth-order valence-electron chi connectivity index (χ4n) is 3.35. The molecular formula is C17H25ClF2OSi. The molecule has 1 aliphatic rings. The van der Waals surface area contributed by atoms with Crippen LogP contribution < -0.4 is 0 Å². The molecule has 22 heavy (non-hydrogen) atoms. The number of unbranched alkanes of at least 4 members (excludes halogenated alkanes) is 2. The Bertz CT molecular complexity index is 476. The van der Waals surface area contributed by atoms with Gasteiger partial charge in [-0.05, 0) is 61.0 Å². The summed E-state index contributed by atoms with van der Waals surface area (Å²) in [5, 5.41) is 0.157. The first kappa shape index (κ1) is 17.9. The van der Waals surface area contributed by atoms with Crippen molar-refractivity contribution in [2.45, 2.75) is 56.2 Å². The molecule has 1 heterocycles. The highest BCUT2D eigenvalue weighted by molar-refractivity contribution is 6.73. The van der Waals surface area contributed by atoms with Crippen LogP contribution in [0.25, 0.3) is 0 Å². The molecule has 0 aromatic heterocycles. The van der Waals surface area contributed by atoms with Gasteiger partial charge >= 0.3 is 0 Å². The Labute approximate surface area is 138 Å². The fourth-order valence-corrected chi connectivity index (χ4v) is 6.83. The van der Waals surface area contributed by atoms with Crippen molar-refractivity contribution >= 4 is 20.0 Å². The Kier molecular flexibility index (Phi) is 6.84. The number of hydrogen-bond donors (Lipinski definition) is 0. The minimum atomic E-state index is -2.56. The summed E-state index contributed by atoms with van der Waals surface area (Å²) in [5.41, 5.74) is 0.970. The van der Waals surface area contributed by atoms with Crippen molar-refractivity contribution in [2.24, 2.45) is 0 Å². The van der Waals surface area contributed by atoms with E-state index in [0.717, 1.165) is 50.3 Å². The average Bonchev–Trinajstić information content (AvgIpc) is 2.51. The Morgan fingerprint density at radius 3 is 2.59 bits per heavy atom. The maximum Gasteiger partial charge on any atom is 0.247 e. The van der Waals surface area contributed by atoms with Crippen LogP contribution in [0.5, 0.6) is 0 Å². The van der Waals surface area contributed by atoms with E-state index in [1.54, 1.807) is 13.2 Å². The van der Waals surface area contributed by atoms with Crippen molar-refractivity contribution in [3.05, 3.63) is 34.6 Å². The first-order valence-electron chi connectivity index (χ1n) is 8.17. The normalized spacial score (nSPS) is 25.4. The topological polar surface area (TPSA) is 9.23 Å². The first-order chi connectivity index (χ1) is 10.5. The van der Waals surface area contributed by atoms with Gasteiger partial charge in [0.25, 0.3) is 0 Å². The lowest BCUT2D eigenvalue weighted by atomic mass is 9.93. The molecule has 0 unspecified atom stereocenters. The molecule has 1 aliphatic heterocycles. The molecule has 0 spiro atoms. The van der Waals surface area contributed by atoms with Gasteiger partial charge in [0.1, 0.15) is 5.82 Å². The Morgan fingerprint density at radius 2 is 1.95 bits per heavy atom. The molecule has 0 N–H and O–H groups in total. The molecule has 1 nitrogen and oxygen atoms in total. The Hall–Kier alpha value is -0.453. The van der Waals surface area contributed by atoms with E-state index in [1.165, 1.54) is 6.07 Å². The molecule has 0 amide bonds. The van der Waals surface area contributed by atoms with Gasteiger partial charge in [0.15, 0.2) is 0 Å². The van der Waals surface area contributed by atoms with Crippen molar-refractivity contribution in [3.63, 3.8) is 0 Å². The SMILES string of the molecule is COCCCCC[Si@]1(F)CC[C@@H](c2ccc(Cl)c(F)c2)CC1. The summed E-state index contributed by atoms with van der Waals surface area (Å²) in [6.45, 7) is 0.769. The minimum Gasteiger partial charge on any atom is -0.385 e. The van der Waals surface area contributed by atoms with E-state index < -0.39 is 8.41 Å². The average molecular weight is 347 g/mol. The summed E-state index contributed by atoms with van der Waals surface area (Å²) in [6.07, 6.45) is 4.75. The zero-order valence-corrected chi connectivity index (χ0v) is 15.0. The van der Waals surface area contributed by atoms with Crippen LogP contribution in [-0.4, -0.2) is 22.1 Å². The molecule has 1 fully saturated rings. The number of ether oxygens (including phenoxy) is 1. The molecule has 0 saturated carbocycles. The van der Waals surface area contributed by atoms with Crippen LogP contribution in [0.4, 0.5) is 8.50 Å². The lowest BCUT2D eigenvalue weighted by Crippen LogP contribution is -2.33. The van der Waals surface area contributed by atoms with Gasteiger partial charge in [0, 0.05) is 13.7 Å². The van der Waals surface area contributed by atoms with E-state index in [9.17, 15) is 8.50 Å². The van der Waals surface area contributed by atoms with Crippen LogP contribution in [0.1, 0.15) is 43.6 Å². The van der Waals surface area contributed by atoms with Crippen molar-refractivity contribution in [1.82, 2.24) is 0 Å². The quantitative estimate of drug-likeness (QED) is 0.330. The predicted molar refractivity (Wildman–Crippen MR) is 90.4 cm³/mol. The van der Waals surface area contributed by atoms with Gasteiger partial charge in [-0.25, -0.2) is 4.39 Å². The van der Waals surface area contributed by atoms with Crippen LogP contribution in [0.2, 0.25) is 23.2 Å². The van der Waals surface area contributed by atoms with Crippen molar-refractivity contribution in [3.8, 4) is 0 Å². The van der Waals surface area contributed by atoms with E-state index >= 15 is 0 Å². The van der Waals surface area contributed by atoms with Gasteiger partial charge in [-0.15, -0.1) is 0 Å². The highest BCUT2D eigenvalue weighted by Gasteiger charge is 2.38. The standard InChI is InChI=1S/C17H25ClF2OSi/c1-21-9-3-2-4-10-22(20)11-7-14(8-12-22)15-5-6-16(18)17(19)13-15/h5-6,13-14H,2-4,7-12H2,1H3/t14-,22+. The number of rotatable bonds is 7. The summed E-state index contributed by atoms with van der Waals surface area (Å²) in [7, 11) is -0.856. The molecule has 0 aliphatic carbocycles.